The summed E-state index contributed by atoms with van der Waals surface area (Å²) in [6.45, 7) is 6.42. The lowest BCUT2D eigenvalue weighted by molar-refractivity contribution is -0.120. The van der Waals surface area contributed by atoms with Gasteiger partial charge in [-0.2, -0.15) is 0 Å². The molecule has 4 N–H and O–H groups in total. The van der Waals surface area contributed by atoms with Crippen molar-refractivity contribution in [1.82, 2.24) is 15.5 Å². The molecular formula is C11H19N5O2S. The van der Waals surface area contributed by atoms with Crippen LogP contribution in [0.3, 0.4) is 0 Å². The maximum absolute atomic E-state index is 11.9. The van der Waals surface area contributed by atoms with Gasteiger partial charge in [-0.15, -0.1) is 10.2 Å². The minimum absolute atomic E-state index is 0.0768. The van der Waals surface area contributed by atoms with Crippen LogP contribution in [-0.2, 0) is 4.79 Å². The summed E-state index contributed by atoms with van der Waals surface area (Å²) in [7, 11) is 0. The number of primary amides is 1. The molecule has 0 fully saturated rings. The van der Waals surface area contributed by atoms with E-state index in [4.69, 9.17) is 5.73 Å². The number of anilines is 1. The Kier molecular flexibility index (Phi) is 5.68. The lowest BCUT2D eigenvalue weighted by Gasteiger charge is -2.17. The summed E-state index contributed by atoms with van der Waals surface area (Å²) in [5.41, 5.74) is 5.24. The fourth-order valence-corrected chi connectivity index (χ4v) is 2.06. The van der Waals surface area contributed by atoms with Crippen molar-refractivity contribution in [3.05, 3.63) is 5.01 Å². The molecule has 7 nitrogen and oxygen atoms in total. The summed E-state index contributed by atoms with van der Waals surface area (Å²) in [6, 6.07) is -0.705. The van der Waals surface area contributed by atoms with E-state index in [1.54, 1.807) is 0 Å². The van der Waals surface area contributed by atoms with Gasteiger partial charge in [0, 0.05) is 6.54 Å². The molecule has 1 unspecified atom stereocenters. The highest BCUT2D eigenvalue weighted by Gasteiger charge is 2.24. The van der Waals surface area contributed by atoms with Crippen LogP contribution in [0.4, 0.5) is 5.13 Å². The van der Waals surface area contributed by atoms with E-state index in [1.165, 1.54) is 0 Å². The number of carbonyl (C=O) groups is 2. The standard InChI is InChI=1S/C11H19N5O2S/c1-4-5-13-11-16-15-10(19-11)9(18)14-7(6(2)3)8(12)17/h6-7H,4-5H2,1-3H3,(H2,12,17)(H,13,16)(H,14,18). The van der Waals surface area contributed by atoms with Gasteiger partial charge in [-0.1, -0.05) is 32.1 Å². The molecule has 8 heteroatoms. The van der Waals surface area contributed by atoms with Crippen LogP contribution in [0.5, 0.6) is 0 Å². The lowest BCUT2D eigenvalue weighted by atomic mass is 10.0. The van der Waals surface area contributed by atoms with Crippen LogP contribution < -0.4 is 16.4 Å². The van der Waals surface area contributed by atoms with Crippen LogP contribution in [0.15, 0.2) is 0 Å². The minimum Gasteiger partial charge on any atom is -0.368 e. The summed E-state index contributed by atoms with van der Waals surface area (Å²) in [5.74, 6) is -1.07. The predicted octanol–water partition coefficient (Wildman–Crippen LogP) is 0.600. The molecule has 1 atom stereocenters. The Morgan fingerprint density at radius 3 is 2.58 bits per heavy atom. The van der Waals surface area contributed by atoms with Crippen LogP contribution in [0.25, 0.3) is 0 Å². The fourth-order valence-electron chi connectivity index (χ4n) is 1.39. The molecule has 106 valence electrons. The van der Waals surface area contributed by atoms with Crippen molar-refractivity contribution >= 4 is 28.3 Å². The van der Waals surface area contributed by atoms with E-state index in [0.29, 0.717) is 5.13 Å². The molecule has 19 heavy (non-hydrogen) atoms. The van der Waals surface area contributed by atoms with Crippen molar-refractivity contribution in [2.45, 2.75) is 33.2 Å². The van der Waals surface area contributed by atoms with Crippen molar-refractivity contribution < 1.29 is 9.59 Å². The third-order valence-electron chi connectivity index (χ3n) is 2.41. The van der Waals surface area contributed by atoms with E-state index in [0.717, 1.165) is 24.3 Å². The van der Waals surface area contributed by atoms with Gasteiger partial charge in [-0.05, 0) is 12.3 Å². The van der Waals surface area contributed by atoms with Crippen molar-refractivity contribution in [3.63, 3.8) is 0 Å². The molecule has 1 heterocycles. The van der Waals surface area contributed by atoms with E-state index in [9.17, 15) is 9.59 Å². The highest BCUT2D eigenvalue weighted by Crippen LogP contribution is 2.15. The van der Waals surface area contributed by atoms with Crippen LogP contribution >= 0.6 is 11.3 Å². The number of nitrogens with two attached hydrogens (primary N) is 1. The lowest BCUT2D eigenvalue weighted by Crippen LogP contribution is -2.47. The Balaban J connectivity index is 2.66. The van der Waals surface area contributed by atoms with Crippen LogP contribution in [0.2, 0.25) is 0 Å². The van der Waals surface area contributed by atoms with Crippen molar-refractivity contribution in [3.8, 4) is 0 Å². The summed E-state index contributed by atoms with van der Waals surface area (Å²) in [4.78, 5) is 23.1. The maximum atomic E-state index is 11.9. The highest BCUT2D eigenvalue weighted by molar-refractivity contribution is 7.17. The monoisotopic (exact) mass is 285 g/mol. The zero-order chi connectivity index (χ0) is 14.4. The molecular weight excluding hydrogens is 266 g/mol. The first-order valence-corrected chi connectivity index (χ1v) is 6.94. The van der Waals surface area contributed by atoms with Crippen LogP contribution in [0.1, 0.15) is 37.0 Å². The van der Waals surface area contributed by atoms with Gasteiger partial charge in [0.1, 0.15) is 6.04 Å². The predicted molar refractivity (Wildman–Crippen MR) is 74.0 cm³/mol. The number of nitrogens with one attached hydrogen (secondary N) is 2. The highest BCUT2D eigenvalue weighted by atomic mass is 32.1. The molecule has 1 aromatic rings. The summed E-state index contributed by atoms with van der Waals surface area (Å²) < 4.78 is 0. The molecule has 2 amide bonds. The Hall–Kier alpha value is -1.70. The molecule has 0 saturated heterocycles. The summed E-state index contributed by atoms with van der Waals surface area (Å²) >= 11 is 1.15. The van der Waals surface area contributed by atoms with Gasteiger partial charge in [-0.25, -0.2) is 0 Å². The Morgan fingerprint density at radius 1 is 1.37 bits per heavy atom. The second-order valence-corrected chi connectivity index (χ2v) is 5.41. The second kappa shape index (κ2) is 7.03. The number of rotatable bonds is 7. The van der Waals surface area contributed by atoms with Gasteiger partial charge >= 0.3 is 0 Å². The minimum atomic E-state index is -0.705. The third kappa shape index (κ3) is 4.47. The molecule has 0 aliphatic rings. The van der Waals surface area contributed by atoms with Gasteiger partial charge in [0.2, 0.25) is 16.0 Å². The number of nitrogens with zero attached hydrogens (tertiary/aromatic N) is 2. The zero-order valence-corrected chi connectivity index (χ0v) is 12.1. The summed E-state index contributed by atoms with van der Waals surface area (Å²) in [5, 5.41) is 14.0. The topological polar surface area (TPSA) is 110 Å². The Morgan fingerprint density at radius 2 is 2.05 bits per heavy atom. The number of aromatic nitrogens is 2. The fraction of sp³-hybridized carbons (Fsp3) is 0.636. The number of hydrogen-bond acceptors (Lipinski definition) is 6. The first-order chi connectivity index (χ1) is 8.95. The molecule has 0 aliphatic heterocycles. The second-order valence-electron chi connectivity index (χ2n) is 4.44. The molecule has 0 bridgehead atoms. The van der Waals surface area contributed by atoms with Gasteiger partial charge in [0.25, 0.3) is 5.91 Å². The average molecular weight is 285 g/mol. The largest absolute Gasteiger partial charge is 0.368 e. The molecule has 1 rings (SSSR count). The molecule has 0 aromatic carbocycles. The Bertz CT molecular complexity index is 446. The molecule has 0 spiro atoms. The Labute approximate surface area is 116 Å². The molecule has 0 radical (unpaired) electrons. The van der Waals surface area contributed by atoms with Crippen molar-refractivity contribution in [1.29, 1.82) is 0 Å². The average Bonchev–Trinajstić information content (AvgIpc) is 2.81. The van der Waals surface area contributed by atoms with E-state index < -0.39 is 17.9 Å². The number of carbonyl (C=O) groups excluding carboxylic acids is 2. The van der Waals surface area contributed by atoms with Crippen molar-refractivity contribution in [2.24, 2.45) is 11.7 Å². The maximum Gasteiger partial charge on any atom is 0.282 e. The van der Waals surface area contributed by atoms with Gasteiger partial charge < -0.3 is 16.4 Å². The first-order valence-electron chi connectivity index (χ1n) is 6.13. The van der Waals surface area contributed by atoms with Gasteiger partial charge in [0.15, 0.2) is 0 Å². The van der Waals surface area contributed by atoms with Gasteiger partial charge in [0.05, 0.1) is 0 Å². The van der Waals surface area contributed by atoms with Crippen LogP contribution in [0, 0.1) is 5.92 Å². The quantitative estimate of drug-likeness (QED) is 0.679. The molecule has 1 aromatic heterocycles. The molecule has 0 aliphatic carbocycles. The number of hydrogen-bond donors (Lipinski definition) is 3. The summed E-state index contributed by atoms with van der Waals surface area (Å²) in [6.07, 6.45) is 0.957. The normalized spacial score (nSPS) is 12.2. The first kappa shape index (κ1) is 15.4. The van der Waals surface area contributed by atoms with Crippen molar-refractivity contribution in [2.75, 3.05) is 11.9 Å². The van der Waals surface area contributed by atoms with E-state index >= 15 is 0 Å². The number of amides is 2. The van der Waals surface area contributed by atoms with Gasteiger partial charge in [-0.3, -0.25) is 9.59 Å². The third-order valence-corrected chi connectivity index (χ3v) is 3.28. The molecule has 0 saturated carbocycles. The SMILES string of the molecule is CCCNc1nnc(C(=O)NC(C(N)=O)C(C)C)s1. The van der Waals surface area contributed by atoms with E-state index in [-0.39, 0.29) is 10.9 Å². The smallest absolute Gasteiger partial charge is 0.282 e. The zero-order valence-electron chi connectivity index (χ0n) is 11.3. The van der Waals surface area contributed by atoms with Crippen LogP contribution in [-0.4, -0.2) is 34.6 Å². The van der Waals surface area contributed by atoms with E-state index in [2.05, 4.69) is 20.8 Å². The van der Waals surface area contributed by atoms with E-state index in [1.807, 2.05) is 20.8 Å².